The van der Waals surface area contributed by atoms with Gasteiger partial charge in [0.05, 0.1) is 0 Å². The fourth-order valence-electron chi connectivity index (χ4n) is 3.05. The van der Waals surface area contributed by atoms with Crippen molar-refractivity contribution in [1.29, 1.82) is 0 Å². The van der Waals surface area contributed by atoms with Gasteiger partial charge in [-0.05, 0) is 60.4 Å². The summed E-state index contributed by atoms with van der Waals surface area (Å²) in [4.78, 5) is 14.6. The quantitative estimate of drug-likeness (QED) is 0.782. The molecule has 0 bridgehead atoms. The number of nitrogens with zero attached hydrogens (tertiary/aromatic N) is 1. The maximum atomic E-state index is 12.2. The molecule has 1 saturated heterocycles. The fraction of sp³-hybridized carbons (Fsp3) is 0.824. The number of nitrogens with one attached hydrogen (secondary N) is 1. The third-order valence-electron chi connectivity index (χ3n) is 5.13. The molecule has 1 aliphatic rings. The zero-order valence-electron chi connectivity index (χ0n) is 14.2. The minimum atomic E-state index is -0.0392. The minimum Gasteiger partial charge on any atom is -0.348 e. The van der Waals surface area contributed by atoms with Crippen molar-refractivity contribution in [3.8, 4) is 0 Å². The van der Waals surface area contributed by atoms with Crippen LogP contribution in [0.25, 0.3) is 0 Å². The number of hydrogen-bond acceptors (Lipinski definition) is 2. The SMILES string of the molecule is C=C(CCCC)C(=O)NC1CCC(C)(C)N(C)C1(C)C. The first kappa shape index (κ1) is 17.2. The lowest BCUT2D eigenvalue weighted by Gasteiger charge is -2.55. The Morgan fingerprint density at radius 1 is 1.35 bits per heavy atom. The van der Waals surface area contributed by atoms with Crippen molar-refractivity contribution < 1.29 is 4.79 Å². The van der Waals surface area contributed by atoms with E-state index in [1.807, 2.05) is 0 Å². The second-order valence-corrected chi connectivity index (χ2v) is 7.30. The summed E-state index contributed by atoms with van der Waals surface area (Å²) in [5, 5.41) is 3.21. The molecule has 1 aliphatic heterocycles. The maximum Gasteiger partial charge on any atom is 0.246 e. The van der Waals surface area contributed by atoms with Crippen molar-refractivity contribution in [2.24, 2.45) is 0 Å². The largest absolute Gasteiger partial charge is 0.348 e. The molecule has 0 radical (unpaired) electrons. The summed E-state index contributed by atoms with van der Waals surface area (Å²) in [5.74, 6) is 0.0321. The number of carbonyl (C=O) groups excluding carboxylic acids is 1. The molecule has 0 aromatic carbocycles. The van der Waals surface area contributed by atoms with Gasteiger partial charge in [-0.3, -0.25) is 9.69 Å². The second-order valence-electron chi connectivity index (χ2n) is 7.30. The number of amides is 1. The van der Waals surface area contributed by atoms with Gasteiger partial charge in [-0.25, -0.2) is 0 Å². The van der Waals surface area contributed by atoms with Crippen molar-refractivity contribution in [3.63, 3.8) is 0 Å². The van der Waals surface area contributed by atoms with Crippen molar-refractivity contribution in [2.45, 2.75) is 83.8 Å². The van der Waals surface area contributed by atoms with Crippen molar-refractivity contribution in [3.05, 3.63) is 12.2 Å². The fourth-order valence-corrected chi connectivity index (χ4v) is 3.05. The molecule has 0 aromatic rings. The van der Waals surface area contributed by atoms with E-state index in [1.54, 1.807) is 0 Å². The number of rotatable bonds is 5. The zero-order valence-corrected chi connectivity index (χ0v) is 14.2. The molecule has 1 amide bonds. The minimum absolute atomic E-state index is 0.0321. The van der Waals surface area contributed by atoms with E-state index in [0.29, 0.717) is 0 Å². The number of unbranched alkanes of at least 4 members (excludes halogenated alkanes) is 1. The number of likely N-dealkylation sites (N-methyl/N-ethyl adjacent to an activating group) is 1. The Morgan fingerprint density at radius 2 is 1.95 bits per heavy atom. The molecule has 3 heteroatoms. The molecule has 116 valence electrons. The van der Waals surface area contributed by atoms with Crippen LogP contribution in [0.1, 0.15) is 66.7 Å². The number of carbonyl (C=O) groups is 1. The van der Waals surface area contributed by atoms with Crippen molar-refractivity contribution >= 4 is 5.91 Å². The molecular weight excluding hydrogens is 248 g/mol. The first-order chi connectivity index (χ1) is 9.13. The third-order valence-corrected chi connectivity index (χ3v) is 5.13. The highest BCUT2D eigenvalue weighted by Crippen LogP contribution is 2.36. The zero-order chi connectivity index (χ0) is 15.6. The molecule has 1 unspecified atom stereocenters. The van der Waals surface area contributed by atoms with E-state index < -0.39 is 0 Å². The van der Waals surface area contributed by atoms with Crippen LogP contribution in [0.5, 0.6) is 0 Å². The topological polar surface area (TPSA) is 32.3 Å². The van der Waals surface area contributed by atoms with E-state index in [0.717, 1.165) is 37.7 Å². The van der Waals surface area contributed by atoms with E-state index >= 15 is 0 Å². The van der Waals surface area contributed by atoms with Crippen LogP contribution in [0.15, 0.2) is 12.2 Å². The summed E-state index contributed by atoms with van der Waals surface area (Å²) in [6.07, 6.45) is 5.05. The lowest BCUT2D eigenvalue weighted by atomic mass is 9.76. The van der Waals surface area contributed by atoms with Crippen LogP contribution in [0.2, 0.25) is 0 Å². The molecule has 1 N–H and O–H groups in total. The Bertz CT molecular complexity index is 371. The van der Waals surface area contributed by atoms with Gasteiger partial charge < -0.3 is 5.32 Å². The Kier molecular flexibility index (Phi) is 5.42. The van der Waals surface area contributed by atoms with Gasteiger partial charge in [0.2, 0.25) is 5.91 Å². The predicted molar refractivity (Wildman–Crippen MR) is 85.8 cm³/mol. The van der Waals surface area contributed by atoms with Crippen LogP contribution in [0.4, 0.5) is 0 Å². The van der Waals surface area contributed by atoms with Gasteiger partial charge in [0.15, 0.2) is 0 Å². The lowest BCUT2D eigenvalue weighted by Crippen LogP contribution is -2.66. The molecule has 1 rings (SSSR count). The summed E-state index contributed by atoms with van der Waals surface area (Å²) in [6, 6.07) is 0.186. The molecule has 20 heavy (non-hydrogen) atoms. The summed E-state index contributed by atoms with van der Waals surface area (Å²) in [5.41, 5.74) is 0.863. The van der Waals surface area contributed by atoms with Gasteiger partial charge in [0.1, 0.15) is 0 Å². The van der Waals surface area contributed by atoms with Crippen molar-refractivity contribution in [2.75, 3.05) is 7.05 Å². The lowest BCUT2D eigenvalue weighted by molar-refractivity contribution is -0.121. The highest BCUT2D eigenvalue weighted by Gasteiger charge is 2.45. The van der Waals surface area contributed by atoms with Gasteiger partial charge in [0.25, 0.3) is 0 Å². The van der Waals surface area contributed by atoms with Crippen LogP contribution in [-0.4, -0.2) is 35.0 Å². The number of likely N-dealkylation sites (tertiary alicyclic amines) is 1. The van der Waals surface area contributed by atoms with Gasteiger partial charge in [-0.2, -0.15) is 0 Å². The smallest absolute Gasteiger partial charge is 0.246 e. The molecule has 0 aliphatic carbocycles. The van der Waals surface area contributed by atoms with Crippen molar-refractivity contribution in [1.82, 2.24) is 10.2 Å². The van der Waals surface area contributed by atoms with Gasteiger partial charge in [0, 0.05) is 22.7 Å². The normalized spacial score (nSPS) is 25.2. The predicted octanol–water partition coefficient (Wildman–Crippen LogP) is 3.50. The van der Waals surface area contributed by atoms with Gasteiger partial charge in [-0.1, -0.05) is 19.9 Å². The van der Waals surface area contributed by atoms with Crippen LogP contribution >= 0.6 is 0 Å². The van der Waals surface area contributed by atoms with E-state index in [-0.39, 0.29) is 23.0 Å². The highest BCUT2D eigenvalue weighted by atomic mass is 16.1. The summed E-state index contributed by atoms with van der Waals surface area (Å²) in [7, 11) is 2.16. The van der Waals surface area contributed by atoms with Crippen LogP contribution < -0.4 is 5.32 Å². The van der Waals surface area contributed by atoms with Crippen LogP contribution in [-0.2, 0) is 4.79 Å². The Morgan fingerprint density at radius 3 is 2.50 bits per heavy atom. The van der Waals surface area contributed by atoms with E-state index in [2.05, 4.69) is 58.5 Å². The second kappa shape index (κ2) is 6.30. The van der Waals surface area contributed by atoms with Gasteiger partial charge >= 0.3 is 0 Å². The average Bonchev–Trinajstić information content (AvgIpc) is 2.37. The number of hydrogen-bond donors (Lipinski definition) is 1. The highest BCUT2D eigenvalue weighted by molar-refractivity contribution is 5.93. The summed E-state index contributed by atoms with van der Waals surface area (Å²) in [6.45, 7) is 15.0. The third kappa shape index (κ3) is 3.63. The Labute approximate surface area is 124 Å². The molecule has 3 nitrogen and oxygen atoms in total. The maximum absolute atomic E-state index is 12.2. The first-order valence-corrected chi connectivity index (χ1v) is 7.85. The average molecular weight is 280 g/mol. The van der Waals surface area contributed by atoms with Crippen LogP contribution in [0.3, 0.4) is 0 Å². The van der Waals surface area contributed by atoms with E-state index in [4.69, 9.17) is 0 Å². The molecule has 0 aromatic heterocycles. The van der Waals surface area contributed by atoms with E-state index in [1.165, 1.54) is 0 Å². The molecule has 0 saturated carbocycles. The Balaban J connectivity index is 2.69. The molecular formula is C17H32N2O. The molecule has 1 atom stereocenters. The Hall–Kier alpha value is -0.830. The molecule has 1 heterocycles. The first-order valence-electron chi connectivity index (χ1n) is 7.85. The van der Waals surface area contributed by atoms with E-state index in [9.17, 15) is 4.79 Å². The monoisotopic (exact) mass is 280 g/mol. The molecule has 0 spiro atoms. The van der Waals surface area contributed by atoms with Gasteiger partial charge in [-0.15, -0.1) is 0 Å². The standard InChI is InChI=1S/C17H32N2O/c1-8-9-10-13(2)15(20)18-14-11-12-16(3,4)19(7)17(14,5)6/h14H,2,8-12H2,1,3-7H3,(H,18,20). The number of piperidine rings is 1. The van der Waals surface area contributed by atoms with Crippen LogP contribution in [0, 0.1) is 0 Å². The summed E-state index contributed by atoms with van der Waals surface area (Å²) >= 11 is 0. The molecule has 1 fully saturated rings. The summed E-state index contributed by atoms with van der Waals surface area (Å²) < 4.78 is 0.